The number of hydrogen-bond donors (Lipinski definition) is 2. The Bertz CT molecular complexity index is 456. The third kappa shape index (κ3) is 2.65. The van der Waals surface area contributed by atoms with Crippen molar-refractivity contribution in [2.24, 2.45) is 7.05 Å². The zero-order chi connectivity index (χ0) is 12.3. The highest BCUT2D eigenvalue weighted by atomic mass is 15.3. The summed E-state index contributed by atoms with van der Waals surface area (Å²) >= 11 is 0. The van der Waals surface area contributed by atoms with Crippen LogP contribution >= 0.6 is 0 Å². The molecule has 2 aromatic heterocycles. The van der Waals surface area contributed by atoms with E-state index < -0.39 is 0 Å². The summed E-state index contributed by atoms with van der Waals surface area (Å²) in [5.41, 5.74) is 2.24. The largest absolute Gasteiger partial charge is 0.348 e. The number of nitrogens with one attached hydrogen (secondary N) is 2. The fourth-order valence-electron chi connectivity index (χ4n) is 1.72. The van der Waals surface area contributed by atoms with Crippen molar-refractivity contribution in [3.63, 3.8) is 0 Å². The molecule has 0 amide bonds. The lowest BCUT2D eigenvalue weighted by Crippen LogP contribution is -2.18. The first kappa shape index (κ1) is 11.7. The second kappa shape index (κ2) is 5.01. The molecule has 92 valence electrons. The van der Waals surface area contributed by atoms with Crippen LogP contribution in [0.15, 0.2) is 18.5 Å². The first-order valence-electron chi connectivity index (χ1n) is 5.55. The predicted octanol–water partition coefficient (Wildman–Crippen LogP) is 0.499. The molecule has 2 N–H and O–H groups in total. The van der Waals surface area contributed by atoms with Gasteiger partial charge in [-0.1, -0.05) is 0 Å². The maximum Gasteiger partial charge on any atom is 0.204 e. The first-order chi connectivity index (χ1) is 8.18. The summed E-state index contributed by atoms with van der Waals surface area (Å²) in [6, 6.07) is 1.96. The van der Waals surface area contributed by atoms with Crippen molar-refractivity contribution in [3.05, 3.63) is 29.8 Å². The Morgan fingerprint density at radius 3 is 2.82 bits per heavy atom. The highest BCUT2D eigenvalue weighted by molar-refractivity contribution is 5.30. The minimum atomic E-state index is 0.780. The van der Waals surface area contributed by atoms with Crippen molar-refractivity contribution in [3.8, 4) is 0 Å². The van der Waals surface area contributed by atoms with Gasteiger partial charge in [0.1, 0.15) is 0 Å². The molecule has 6 heteroatoms. The van der Waals surface area contributed by atoms with Crippen LogP contribution < -0.4 is 10.2 Å². The van der Waals surface area contributed by atoms with Crippen LogP contribution in [-0.4, -0.2) is 33.8 Å². The molecule has 0 aliphatic carbocycles. The first-order valence-corrected chi connectivity index (χ1v) is 5.55. The maximum absolute atomic E-state index is 4.36. The lowest BCUT2D eigenvalue weighted by atomic mass is 10.4. The van der Waals surface area contributed by atoms with E-state index in [4.69, 9.17) is 0 Å². The second-order valence-electron chi connectivity index (χ2n) is 4.19. The van der Waals surface area contributed by atoms with Gasteiger partial charge in [-0.05, 0) is 6.07 Å². The number of anilines is 1. The molecule has 0 aliphatic rings. The van der Waals surface area contributed by atoms with Crippen LogP contribution in [0.1, 0.15) is 11.4 Å². The highest BCUT2D eigenvalue weighted by Gasteiger charge is 2.07. The van der Waals surface area contributed by atoms with E-state index in [0.717, 1.165) is 30.4 Å². The van der Waals surface area contributed by atoms with Gasteiger partial charge in [0.25, 0.3) is 0 Å². The molecule has 0 unspecified atom stereocenters. The SMILES string of the molecule is CN(C)c1ncc(CNCc2ccn[nH]2)n1C. The highest BCUT2D eigenvalue weighted by Crippen LogP contribution is 2.10. The minimum absolute atomic E-state index is 0.780. The molecule has 0 aliphatic heterocycles. The van der Waals surface area contributed by atoms with E-state index in [2.05, 4.69) is 25.1 Å². The van der Waals surface area contributed by atoms with Crippen LogP contribution in [-0.2, 0) is 20.1 Å². The predicted molar refractivity (Wildman–Crippen MR) is 66.7 cm³/mol. The van der Waals surface area contributed by atoms with E-state index in [1.165, 1.54) is 0 Å². The fraction of sp³-hybridized carbons (Fsp3) is 0.455. The molecule has 0 saturated carbocycles. The zero-order valence-electron chi connectivity index (χ0n) is 10.4. The Kier molecular flexibility index (Phi) is 3.43. The molecule has 0 saturated heterocycles. The smallest absolute Gasteiger partial charge is 0.204 e. The Morgan fingerprint density at radius 1 is 1.41 bits per heavy atom. The van der Waals surface area contributed by atoms with Crippen LogP contribution in [0.25, 0.3) is 0 Å². The topological polar surface area (TPSA) is 61.8 Å². The summed E-state index contributed by atoms with van der Waals surface area (Å²) in [5.74, 6) is 0.961. The molecule has 2 rings (SSSR count). The van der Waals surface area contributed by atoms with E-state index in [-0.39, 0.29) is 0 Å². The van der Waals surface area contributed by atoms with Gasteiger partial charge >= 0.3 is 0 Å². The minimum Gasteiger partial charge on any atom is -0.348 e. The zero-order valence-corrected chi connectivity index (χ0v) is 10.4. The van der Waals surface area contributed by atoms with Gasteiger partial charge in [0.2, 0.25) is 5.95 Å². The Balaban J connectivity index is 1.91. The van der Waals surface area contributed by atoms with Crippen molar-refractivity contribution in [1.82, 2.24) is 25.1 Å². The van der Waals surface area contributed by atoms with Gasteiger partial charge in [0, 0.05) is 46.1 Å². The van der Waals surface area contributed by atoms with Crippen LogP contribution in [0.4, 0.5) is 5.95 Å². The van der Waals surface area contributed by atoms with Gasteiger partial charge in [-0.25, -0.2) is 4.98 Å². The van der Waals surface area contributed by atoms with E-state index in [1.54, 1.807) is 6.20 Å². The van der Waals surface area contributed by atoms with Crippen LogP contribution in [0, 0.1) is 0 Å². The summed E-state index contributed by atoms with van der Waals surface area (Å²) in [7, 11) is 6.00. The molecular weight excluding hydrogens is 216 g/mol. The number of aromatic amines is 1. The fourth-order valence-corrected chi connectivity index (χ4v) is 1.72. The summed E-state index contributed by atoms with van der Waals surface area (Å²) in [6.45, 7) is 1.57. The third-order valence-corrected chi connectivity index (χ3v) is 2.64. The molecule has 2 aromatic rings. The number of nitrogens with zero attached hydrogens (tertiary/aromatic N) is 4. The summed E-state index contributed by atoms with van der Waals surface area (Å²) in [6.07, 6.45) is 3.65. The van der Waals surface area contributed by atoms with Gasteiger partial charge in [0.05, 0.1) is 11.9 Å². The maximum atomic E-state index is 4.36. The van der Waals surface area contributed by atoms with Gasteiger partial charge in [0.15, 0.2) is 0 Å². The molecule has 17 heavy (non-hydrogen) atoms. The molecule has 0 fully saturated rings. The number of rotatable bonds is 5. The lowest BCUT2D eigenvalue weighted by molar-refractivity contribution is 0.643. The van der Waals surface area contributed by atoms with Crippen molar-refractivity contribution in [2.75, 3.05) is 19.0 Å². The molecule has 0 radical (unpaired) electrons. The van der Waals surface area contributed by atoms with E-state index in [0.29, 0.717) is 0 Å². The summed E-state index contributed by atoms with van der Waals surface area (Å²) < 4.78 is 2.08. The van der Waals surface area contributed by atoms with Crippen LogP contribution in [0.2, 0.25) is 0 Å². The number of H-pyrrole nitrogens is 1. The molecule has 6 nitrogen and oxygen atoms in total. The standard InChI is InChI=1S/C11H18N6/c1-16(2)11-13-8-10(17(11)3)7-12-6-9-4-5-14-15-9/h4-5,8,12H,6-7H2,1-3H3,(H,14,15). The average molecular weight is 234 g/mol. The van der Waals surface area contributed by atoms with Crippen LogP contribution in [0.3, 0.4) is 0 Å². The summed E-state index contributed by atoms with van der Waals surface area (Å²) in [4.78, 5) is 6.36. The van der Waals surface area contributed by atoms with Crippen LogP contribution in [0.5, 0.6) is 0 Å². The summed E-state index contributed by atoms with van der Waals surface area (Å²) in [5, 5.41) is 10.2. The van der Waals surface area contributed by atoms with Gasteiger partial charge < -0.3 is 14.8 Å². The molecule has 0 bridgehead atoms. The molecular formula is C11H18N6. The lowest BCUT2D eigenvalue weighted by Gasteiger charge is -2.12. The molecule has 0 spiro atoms. The van der Waals surface area contributed by atoms with E-state index in [1.807, 2.05) is 38.3 Å². The van der Waals surface area contributed by atoms with Gasteiger partial charge in [-0.2, -0.15) is 5.10 Å². The van der Waals surface area contributed by atoms with Crippen molar-refractivity contribution >= 4 is 5.95 Å². The number of imidazole rings is 1. The average Bonchev–Trinajstić information content (AvgIpc) is 2.89. The third-order valence-electron chi connectivity index (χ3n) is 2.64. The van der Waals surface area contributed by atoms with E-state index in [9.17, 15) is 0 Å². The Labute approximate surface area is 101 Å². The van der Waals surface area contributed by atoms with Crippen molar-refractivity contribution in [2.45, 2.75) is 13.1 Å². The normalized spacial score (nSPS) is 10.8. The molecule has 0 atom stereocenters. The Morgan fingerprint density at radius 2 is 2.24 bits per heavy atom. The number of hydrogen-bond acceptors (Lipinski definition) is 4. The number of aromatic nitrogens is 4. The van der Waals surface area contributed by atoms with E-state index >= 15 is 0 Å². The van der Waals surface area contributed by atoms with Gasteiger partial charge in [-0.3, -0.25) is 5.10 Å². The quantitative estimate of drug-likeness (QED) is 0.791. The molecule has 0 aromatic carbocycles. The second-order valence-corrected chi connectivity index (χ2v) is 4.19. The van der Waals surface area contributed by atoms with Crippen molar-refractivity contribution in [1.29, 1.82) is 0 Å². The van der Waals surface area contributed by atoms with Gasteiger partial charge in [-0.15, -0.1) is 0 Å². The van der Waals surface area contributed by atoms with Crippen molar-refractivity contribution < 1.29 is 0 Å². The monoisotopic (exact) mass is 234 g/mol. The Hall–Kier alpha value is -1.82. The molecule has 2 heterocycles.